The Morgan fingerprint density at radius 3 is 2.79 bits per heavy atom. The van der Waals surface area contributed by atoms with Crippen LogP contribution in [0.25, 0.3) is 0 Å². The summed E-state index contributed by atoms with van der Waals surface area (Å²) in [5.41, 5.74) is 1.47. The molecule has 4 heteroatoms. The minimum absolute atomic E-state index is 0.150. The van der Waals surface area contributed by atoms with Crippen LogP contribution in [0.4, 0.5) is 5.69 Å². The summed E-state index contributed by atoms with van der Waals surface area (Å²) in [6.45, 7) is 4.75. The predicted octanol–water partition coefficient (Wildman–Crippen LogP) is 4.36. The summed E-state index contributed by atoms with van der Waals surface area (Å²) in [6.07, 6.45) is 2.67. The van der Waals surface area contributed by atoms with Crippen molar-refractivity contribution >= 4 is 40.0 Å². The van der Waals surface area contributed by atoms with Crippen molar-refractivity contribution in [3.05, 3.63) is 27.3 Å². The lowest BCUT2D eigenvalue weighted by atomic mass is 9.90. The van der Waals surface area contributed by atoms with Crippen molar-refractivity contribution in [3.63, 3.8) is 0 Å². The molecule has 1 aliphatic rings. The number of benzene rings is 1. The van der Waals surface area contributed by atoms with Gasteiger partial charge in [-0.2, -0.15) is 0 Å². The number of ketones is 1. The third-order valence-electron chi connectivity index (χ3n) is 3.10. The quantitative estimate of drug-likeness (QED) is 0.738. The van der Waals surface area contributed by atoms with Crippen LogP contribution in [0.2, 0.25) is 0 Å². The minimum Gasteiger partial charge on any atom is -0.480 e. The molecular weight excluding hydrogens is 353 g/mol. The smallest absolute Gasteiger partial charge is 0.199 e. The van der Waals surface area contributed by atoms with Gasteiger partial charge in [-0.1, -0.05) is 20.3 Å². The standard InChI is InChI=1S/C15H18INO2/c1-3-5-11-14(18)12-9-10(16)6-7-13(12)17-15(11)19-8-4-2/h6-7,9,11H,3-5,8H2,1-2H3. The first-order valence-electron chi connectivity index (χ1n) is 6.72. The average molecular weight is 371 g/mol. The molecule has 0 saturated heterocycles. The zero-order valence-corrected chi connectivity index (χ0v) is 13.4. The Labute approximate surface area is 127 Å². The topological polar surface area (TPSA) is 38.7 Å². The largest absolute Gasteiger partial charge is 0.480 e. The number of Topliss-reactive ketones (excluding diaryl/α,β-unsaturated/α-hetero) is 1. The molecule has 19 heavy (non-hydrogen) atoms. The highest BCUT2D eigenvalue weighted by atomic mass is 127. The van der Waals surface area contributed by atoms with Crippen LogP contribution in [0.1, 0.15) is 43.5 Å². The Hall–Kier alpha value is -0.910. The van der Waals surface area contributed by atoms with Crippen LogP contribution in [-0.2, 0) is 4.74 Å². The Morgan fingerprint density at radius 1 is 1.32 bits per heavy atom. The summed E-state index contributed by atoms with van der Waals surface area (Å²) in [4.78, 5) is 17.1. The molecule has 3 nitrogen and oxygen atoms in total. The molecule has 0 aromatic heterocycles. The number of halogens is 1. The fraction of sp³-hybridized carbons (Fsp3) is 0.467. The van der Waals surface area contributed by atoms with Gasteiger partial charge >= 0.3 is 0 Å². The van der Waals surface area contributed by atoms with Gasteiger partial charge in [-0.05, 0) is 53.6 Å². The van der Waals surface area contributed by atoms with Crippen molar-refractivity contribution in [3.8, 4) is 0 Å². The zero-order valence-electron chi connectivity index (χ0n) is 11.3. The number of aliphatic imine (C=N–C) groups is 1. The number of carbonyl (C=O) groups is 1. The fourth-order valence-electron chi connectivity index (χ4n) is 2.18. The Bertz CT molecular complexity index is 511. The van der Waals surface area contributed by atoms with Crippen LogP contribution in [-0.4, -0.2) is 18.3 Å². The number of hydrogen-bond donors (Lipinski definition) is 0. The van der Waals surface area contributed by atoms with E-state index in [0.717, 1.165) is 34.1 Å². The maximum absolute atomic E-state index is 12.6. The molecule has 1 aliphatic heterocycles. The monoisotopic (exact) mass is 371 g/mol. The van der Waals surface area contributed by atoms with E-state index in [4.69, 9.17) is 4.74 Å². The molecule has 1 unspecified atom stereocenters. The Kier molecular flexibility index (Phi) is 4.96. The van der Waals surface area contributed by atoms with Gasteiger partial charge in [-0.3, -0.25) is 4.79 Å². The van der Waals surface area contributed by atoms with Crippen molar-refractivity contribution in [1.29, 1.82) is 0 Å². The molecule has 0 bridgehead atoms. The minimum atomic E-state index is -0.206. The number of hydrogen-bond acceptors (Lipinski definition) is 3. The van der Waals surface area contributed by atoms with E-state index in [2.05, 4.69) is 41.4 Å². The van der Waals surface area contributed by atoms with Crippen molar-refractivity contribution < 1.29 is 9.53 Å². The van der Waals surface area contributed by atoms with Crippen LogP contribution in [0.5, 0.6) is 0 Å². The zero-order chi connectivity index (χ0) is 13.8. The number of ether oxygens (including phenoxy) is 1. The first kappa shape index (κ1) is 14.5. The molecule has 1 heterocycles. The summed E-state index contributed by atoms with van der Waals surface area (Å²) >= 11 is 2.22. The van der Waals surface area contributed by atoms with Gasteiger partial charge in [0.05, 0.1) is 18.2 Å². The van der Waals surface area contributed by atoms with E-state index in [-0.39, 0.29) is 11.7 Å². The summed E-state index contributed by atoms with van der Waals surface area (Å²) in [7, 11) is 0. The van der Waals surface area contributed by atoms with Gasteiger partial charge in [0.15, 0.2) is 11.7 Å². The third-order valence-corrected chi connectivity index (χ3v) is 3.77. The Morgan fingerprint density at radius 2 is 2.11 bits per heavy atom. The molecule has 0 amide bonds. The number of fused-ring (bicyclic) bond motifs is 1. The summed E-state index contributed by atoms with van der Waals surface area (Å²) < 4.78 is 6.75. The predicted molar refractivity (Wildman–Crippen MR) is 85.2 cm³/mol. The second-order valence-corrected chi connectivity index (χ2v) is 5.91. The van der Waals surface area contributed by atoms with Crippen molar-refractivity contribution in [2.75, 3.05) is 6.61 Å². The lowest BCUT2D eigenvalue weighted by Gasteiger charge is -2.23. The second-order valence-electron chi connectivity index (χ2n) is 4.67. The highest BCUT2D eigenvalue weighted by Gasteiger charge is 2.32. The normalized spacial score (nSPS) is 17.9. The summed E-state index contributed by atoms with van der Waals surface area (Å²) in [5.74, 6) is 0.543. The van der Waals surface area contributed by atoms with Crippen LogP contribution in [0.3, 0.4) is 0 Å². The molecule has 1 aromatic rings. The van der Waals surface area contributed by atoms with Crippen molar-refractivity contribution in [1.82, 2.24) is 0 Å². The first-order valence-corrected chi connectivity index (χ1v) is 7.80. The average Bonchev–Trinajstić information content (AvgIpc) is 2.41. The molecule has 0 aliphatic carbocycles. The van der Waals surface area contributed by atoms with Gasteiger partial charge in [0.2, 0.25) is 0 Å². The van der Waals surface area contributed by atoms with E-state index in [1.165, 1.54) is 0 Å². The Balaban J connectivity index is 2.39. The first-order chi connectivity index (χ1) is 9.17. The van der Waals surface area contributed by atoms with E-state index in [9.17, 15) is 4.79 Å². The highest BCUT2D eigenvalue weighted by molar-refractivity contribution is 14.1. The van der Waals surface area contributed by atoms with Gasteiger partial charge in [-0.25, -0.2) is 4.99 Å². The SMILES string of the molecule is CCCOC1=Nc2ccc(I)cc2C(=O)C1CCC. The maximum atomic E-state index is 12.6. The van der Waals surface area contributed by atoms with Crippen LogP contribution in [0.15, 0.2) is 23.2 Å². The van der Waals surface area contributed by atoms with Crippen molar-refractivity contribution in [2.45, 2.75) is 33.1 Å². The molecule has 0 radical (unpaired) electrons. The van der Waals surface area contributed by atoms with E-state index in [1.54, 1.807) is 0 Å². The lowest BCUT2D eigenvalue weighted by Crippen LogP contribution is -2.29. The maximum Gasteiger partial charge on any atom is 0.199 e. The van der Waals surface area contributed by atoms with E-state index in [1.807, 2.05) is 18.2 Å². The van der Waals surface area contributed by atoms with Crippen LogP contribution in [0, 0.1) is 9.49 Å². The summed E-state index contributed by atoms with van der Waals surface area (Å²) in [5, 5.41) is 0. The highest BCUT2D eigenvalue weighted by Crippen LogP contribution is 2.32. The molecule has 0 spiro atoms. The van der Waals surface area contributed by atoms with Crippen molar-refractivity contribution in [2.24, 2.45) is 10.9 Å². The molecule has 0 N–H and O–H groups in total. The van der Waals surface area contributed by atoms with Gasteiger partial charge < -0.3 is 4.74 Å². The molecular formula is C15H18INO2. The van der Waals surface area contributed by atoms with Gasteiger partial charge in [0, 0.05) is 9.13 Å². The molecule has 0 saturated carbocycles. The van der Waals surface area contributed by atoms with Crippen LogP contribution < -0.4 is 0 Å². The molecule has 1 aromatic carbocycles. The van der Waals surface area contributed by atoms with Gasteiger partial charge in [-0.15, -0.1) is 0 Å². The van der Waals surface area contributed by atoms with E-state index >= 15 is 0 Å². The van der Waals surface area contributed by atoms with E-state index < -0.39 is 0 Å². The van der Waals surface area contributed by atoms with Crippen LogP contribution >= 0.6 is 22.6 Å². The molecule has 1 atom stereocenters. The second kappa shape index (κ2) is 6.50. The summed E-state index contributed by atoms with van der Waals surface area (Å²) in [6, 6.07) is 5.78. The van der Waals surface area contributed by atoms with Gasteiger partial charge in [0.25, 0.3) is 0 Å². The molecule has 0 fully saturated rings. The van der Waals surface area contributed by atoms with Gasteiger partial charge in [0.1, 0.15) is 0 Å². The molecule has 102 valence electrons. The number of rotatable bonds is 4. The number of nitrogens with zero attached hydrogens (tertiary/aromatic N) is 1. The third kappa shape index (κ3) is 3.16. The van der Waals surface area contributed by atoms with E-state index in [0.29, 0.717) is 12.5 Å². The number of carbonyl (C=O) groups excluding carboxylic acids is 1. The fourth-order valence-corrected chi connectivity index (χ4v) is 2.67. The lowest BCUT2D eigenvalue weighted by molar-refractivity contribution is 0.0930. The molecule has 2 rings (SSSR count).